The monoisotopic (exact) mass is 326 g/mol. The molecule has 1 fully saturated rings. The standard InChI is InChI=1S/C16H23FN2O4/c1-16(10-20)7-13(23-3)9-19(16)15(21)18-8-11-6-12(22-2)4-5-14(11)17/h4-6,13,20H,7-10H2,1-3H3,(H,18,21). The van der Waals surface area contributed by atoms with Gasteiger partial charge in [0.1, 0.15) is 11.6 Å². The summed E-state index contributed by atoms with van der Waals surface area (Å²) in [5.41, 5.74) is -0.344. The minimum atomic E-state index is -0.683. The maximum atomic E-state index is 13.8. The highest BCUT2D eigenvalue weighted by molar-refractivity contribution is 5.75. The number of aliphatic hydroxyl groups excluding tert-OH is 1. The Bertz CT molecular complexity index is 569. The number of urea groups is 1. The Labute approximate surface area is 135 Å². The summed E-state index contributed by atoms with van der Waals surface area (Å²) < 4.78 is 24.1. The number of likely N-dealkylation sites (tertiary alicyclic amines) is 1. The first kappa shape index (κ1) is 17.5. The first-order chi connectivity index (χ1) is 10.9. The van der Waals surface area contributed by atoms with Gasteiger partial charge < -0.3 is 24.8 Å². The molecule has 2 unspecified atom stereocenters. The minimum absolute atomic E-state index is 0.0392. The van der Waals surface area contributed by atoms with Gasteiger partial charge in [-0.15, -0.1) is 0 Å². The number of benzene rings is 1. The SMILES string of the molecule is COc1ccc(F)c(CNC(=O)N2CC(OC)CC2(C)CO)c1. The van der Waals surface area contributed by atoms with E-state index in [0.29, 0.717) is 24.3 Å². The van der Waals surface area contributed by atoms with E-state index in [1.165, 1.54) is 19.2 Å². The zero-order chi connectivity index (χ0) is 17.0. The predicted molar refractivity (Wildman–Crippen MR) is 82.8 cm³/mol. The van der Waals surface area contributed by atoms with Gasteiger partial charge in [0.05, 0.1) is 25.4 Å². The number of halogens is 1. The van der Waals surface area contributed by atoms with E-state index in [1.807, 2.05) is 0 Å². The van der Waals surface area contributed by atoms with Gasteiger partial charge in [-0.05, 0) is 25.1 Å². The van der Waals surface area contributed by atoms with E-state index in [9.17, 15) is 14.3 Å². The van der Waals surface area contributed by atoms with E-state index in [1.54, 1.807) is 25.0 Å². The van der Waals surface area contributed by atoms with Crippen LogP contribution in [0.3, 0.4) is 0 Å². The zero-order valence-electron chi connectivity index (χ0n) is 13.6. The molecule has 1 saturated heterocycles. The van der Waals surface area contributed by atoms with Crippen LogP contribution in [0.25, 0.3) is 0 Å². The Balaban J connectivity index is 2.04. The van der Waals surface area contributed by atoms with Crippen molar-refractivity contribution in [2.75, 3.05) is 27.4 Å². The summed E-state index contributed by atoms with van der Waals surface area (Å²) in [6.45, 7) is 2.07. The van der Waals surface area contributed by atoms with Crippen LogP contribution in [0.4, 0.5) is 9.18 Å². The molecular weight excluding hydrogens is 303 g/mol. The van der Waals surface area contributed by atoms with Crippen LogP contribution in [0.2, 0.25) is 0 Å². The fourth-order valence-electron chi connectivity index (χ4n) is 2.80. The Morgan fingerprint density at radius 2 is 2.26 bits per heavy atom. The van der Waals surface area contributed by atoms with Crippen molar-refractivity contribution in [1.29, 1.82) is 0 Å². The number of nitrogens with one attached hydrogen (secondary N) is 1. The normalized spacial score (nSPS) is 23.9. The second kappa shape index (κ2) is 7.14. The van der Waals surface area contributed by atoms with Gasteiger partial charge in [0.2, 0.25) is 0 Å². The van der Waals surface area contributed by atoms with Gasteiger partial charge in [0, 0.05) is 32.2 Å². The number of hydrogen-bond donors (Lipinski definition) is 2. The maximum absolute atomic E-state index is 13.8. The minimum Gasteiger partial charge on any atom is -0.497 e. The van der Waals surface area contributed by atoms with Crippen molar-refractivity contribution in [2.24, 2.45) is 0 Å². The highest BCUT2D eigenvalue weighted by Gasteiger charge is 2.44. The Morgan fingerprint density at radius 1 is 1.52 bits per heavy atom. The van der Waals surface area contributed by atoms with Crippen LogP contribution in [0, 0.1) is 5.82 Å². The first-order valence-electron chi connectivity index (χ1n) is 7.45. The van der Waals surface area contributed by atoms with Crippen molar-refractivity contribution in [3.05, 3.63) is 29.6 Å². The molecule has 0 bridgehead atoms. The van der Waals surface area contributed by atoms with Crippen LogP contribution in [-0.4, -0.2) is 55.1 Å². The zero-order valence-corrected chi connectivity index (χ0v) is 13.6. The summed E-state index contributed by atoms with van der Waals surface area (Å²) in [7, 11) is 3.08. The van der Waals surface area contributed by atoms with E-state index in [0.717, 1.165) is 0 Å². The molecule has 6 nitrogen and oxygen atoms in total. The van der Waals surface area contributed by atoms with Crippen molar-refractivity contribution >= 4 is 6.03 Å². The molecule has 1 aromatic rings. The summed E-state index contributed by atoms with van der Waals surface area (Å²) in [6.07, 6.45) is 0.437. The molecule has 0 saturated carbocycles. The molecule has 2 N–H and O–H groups in total. The van der Waals surface area contributed by atoms with E-state index in [-0.39, 0.29) is 25.3 Å². The molecule has 0 spiro atoms. The maximum Gasteiger partial charge on any atom is 0.318 e. The lowest BCUT2D eigenvalue weighted by Gasteiger charge is -2.33. The summed E-state index contributed by atoms with van der Waals surface area (Å²) in [5.74, 6) is 0.115. The number of ether oxygens (including phenoxy) is 2. The van der Waals surface area contributed by atoms with Crippen molar-refractivity contribution in [2.45, 2.75) is 31.5 Å². The van der Waals surface area contributed by atoms with Crippen molar-refractivity contribution < 1.29 is 23.8 Å². The summed E-state index contributed by atoms with van der Waals surface area (Å²) in [4.78, 5) is 14.0. The van der Waals surface area contributed by atoms with E-state index < -0.39 is 11.4 Å². The van der Waals surface area contributed by atoms with E-state index in [4.69, 9.17) is 9.47 Å². The van der Waals surface area contributed by atoms with Crippen LogP contribution < -0.4 is 10.1 Å². The van der Waals surface area contributed by atoms with Crippen LogP contribution in [0.1, 0.15) is 18.9 Å². The summed E-state index contributed by atoms with van der Waals surface area (Å²) in [6, 6.07) is 4.01. The number of rotatable bonds is 5. The smallest absolute Gasteiger partial charge is 0.318 e. The Hall–Kier alpha value is -1.86. The molecule has 0 aliphatic carbocycles. The van der Waals surface area contributed by atoms with Gasteiger partial charge >= 0.3 is 6.03 Å². The number of nitrogens with zero attached hydrogens (tertiary/aromatic N) is 1. The molecule has 2 rings (SSSR count). The second-order valence-electron chi connectivity index (χ2n) is 5.94. The van der Waals surface area contributed by atoms with Gasteiger partial charge in [-0.1, -0.05) is 0 Å². The molecule has 7 heteroatoms. The number of aliphatic hydroxyl groups is 1. The number of hydrogen-bond acceptors (Lipinski definition) is 4. The first-order valence-corrected chi connectivity index (χ1v) is 7.45. The summed E-state index contributed by atoms with van der Waals surface area (Å²) >= 11 is 0. The van der Waals surface area contributed by atoms with Crippen LogP contribution >= 0.6 is 0 Å². The molecule has 128 valence electrons. The van der Waals surface area contributed by atoms with Crippen molar-refractivity contribution in [1.82, 2.24) is 10.2 Å². The number of carbonyl (C=O) groups excluding carboxylic acids is 1. The average Bonchev–Trinajstić information content (AvgIpc) is 2.91. The predicted octanol–water partition coefficient (Wildman–Crippen LogP) is 1.52. The molecule has 1 aliphatic heterocycles. The number of amides is 2. The molecule has 1 heterocycles. The lowest BCUT2D eigenvalue weighted by molar-refractivity contribution is 0.0948. The molecule has 2 amide bonds. The van der Waals surface area contributed by atoms with Crippen LogP contribution in [-0.2, 0) is 11.3 Å². The summed E-state index contributed by atoms with van der Waals surface area (Å²) in [5, 5.41) is 12.3. The van der Waals surface area contributed by atoms with E-state index >= 15 is 0 Å². The average molecular weight is 326 g/mol. The molecular formula is C16H23FN2O4. The van der Waals surface area contributed by atoms with Gasteiger partial charge in [-0.25, -0.2) is 9.18 Å². The topological polar surface area (TPSA) is 71.0 Å². The van der Waals surface area contributed by atoms with Gasteiger partial charge in [-0.3, -0.25) is 0 Å². The molecule has 1 aromatic carbocycles. The van der Waals surface area contributed by atoms with Crippen LogP contribution in [0.15, 0.2) is 18.2 Å². The van der Waals surface area contributed by atoms with Gasteiger partial charge in [0.15, 0.2) is 0 Å². The fraction of sp³-hybridized carbons (Fsp3) is 0.562. The third kappa shape index (κ3) is 3.73. The molecule has 0 aromatic heterocycles. The fourth-order valence-corrected chi connectivity index (χ4v) is 2.80. The molecule has 23 heavy (non-hydrogen) atoms. The van der Waals surface area contributed by atoms with E-state index in [2.05, 4.69) is 5.32 Å². The molecule has 0 radical (unpaired) electrons. The quantitative estimate of drug-likeness (QED) is 0.860. The number of carbonyl (C=O) groups is 1. The highest BCUT2D eigenvalue weighted by Crippen LogP contribution is 2.30. The van der Waals surface area contributed by atoms with Gasteiger partial charge in [0.25, 0.3) is 0 Å². The molecule has 1 aliphatic rings. The largest absolute Gasteiger partial charge is 0.497 e. The van der Waals surface area contributed by atoms with Crippen molar-refractivity contribution in [3.8, 4) is 5.75 Å². The van der Waals surface area contributed by atoms with Gasteiger partial charge in [-0.2, -0.15) is 0 Å². The van der Waals surface area contributed by atoms with Crippen molar-refractivity contribution in [3.63, 3.8) is 0 Å². The third-order valence-corrected chi connectivity index (χ3v) is 4.31. The molecule has 2 atom stereocenters. The lowest BCUT2D eigenvalue weighted by atomic mass is 10.00. The highest BCUT2D eigenvalue weighted by atomic mass is 19.1. The number of methoxy groups -OCH3 is 2. The lowest BCUT2D eigenvalue weighted by Crippen LogP contribution is -2.51. The van der Waals surface area contributed by atoms with Crippen LogP contribution in [0.5, 0.6) is 5.75 Å². The second-order valence-corrected chi connectivity index (χ2v) is 5.94. The third-order valence-electron chi connectivity index (χ3n) is 4.31. The Kier molecular flexibility index (Phi) is 5.43. The Morgan fingerprint density at radius 3 is 2.87 bits per heavy atom.